The summed E-state index contributed by atoms with van der Waals surface area (Å²) in [5.74, 6) is 1.90. The maximum Gasteiger partial charge on any atom is 0.0991 e. The number of nitrogens with one attached hydrogen (secondary N) is 1. The molecule has 88 valence electrons. The van der Waals surface area contributed by atoms with Gasteiger partial charge < -0.3 is 5.32 Å². The molecule has 17 heavy (non-hydrogen) atoms. The Labute approximate surface area is 103 Å². The Hall–Kier alpha value is -1.33. The third-order valence-electron chi connectivity index (χ3n) is 4.36. The predicted octanol–water partition coefficient (Wildman–Crippen LogP) is 2.84. The lowest BCUT2D eigenvalue weighted by Crippen LogP contribution is -2.33. The molecule has 0 spiro atoms. The molecular weight excluding hydrogens is 208 g/mol. The zero-order valence-corrected chi connectivity index (χ0v) is 10.0. The van der Waals surface area contributed by atoms with Crippen molar-refractivity contribution in [3.63, 3.8) is 0 Å². The van der Waals surface area contributed by atoms with Gasteiger partial charge >= 0.3 is 0 Å². The Balaban J connectivity index is 1.59. The molecule has 3 atom stereocenters. The molecule has 2 heteroatoms. The van der Waals surface area contributed by atoms with Crippen LogP contribution in [0.4, 0.5) is 0 Å². The van der Waals surface area contributed by atoms with Crippen LogP contribution in [0, 0.1) is 23.2 Å². The second kappa shape index (κ2) is 4.50. The molecule has 0 aromatic heterocycles. The molecule has 3 unspecified atom stereocenters. The van der Waals surface area contributed by atoms with Crippen molar-refractivity contribution in [3.05, 3.63) is 35.4 Å². The molecule has 0 radical (unpaired) electrons. The quantitative estimate of drug-likeness (QED) is 0.860. The van der Waals surface area contributed by atoms with Crippen LogP contribution in [0.25, 0.3) is 0 Å². The lowest BCUT2D eigenvalue weighted by atomic mass is 9.95. The van der Waals surface area contributed by atoms with Crippen molar-refractivity contribution in [2.75, 3.05) is 0 Å². The Kier molecular flexibility index (Phi) is 2.86. The first-order valence-electron chi connectivity index (χ1n) is 6.57. The van der Waals surface area contributed by atoms with Crippen molar-refractivity contribution >= 4 is 0 Å². The van der Waals surface area contributed by atoms with Crippen LogP contribution < -0.4 is 5.32 Å². The first-order chi connectivity index (χ1) is 8.35. The topological polar surface area (TPSA) is 35.8 Å². The van der Waals surface area contributed by atoms with Gasteiger partial charge in [0.1, 0.15) is 0 Å². The van der Waals surface area contributed by atoms with Crippen molar-refractivity contribution in [2.45, 2.75) is 38.3 Å². The van der Waals surface area contributed by atoms with Crippen molar-refractivity contribution in [2.24, 2.45) is 11.8 Å². The molecule has 2 bridgehead atoms. The van der Waals surface area contributed by atoms with Gasteiger partial charge in [0.2, 0.25) is 0 Å². The lowest BCUT2D eigenvalue weighted by Gasteiger charge is -2.23. The molecule has 2 fully saturated rings. The van der Waals surface area contributed by atoms with E-state index in [9.17, 15) is 0 Å². The SMILES string of the molecule is N#Cc1cccc(CNC2CC3CCC2C3)c1. The summed E-state index contributed by atoms with van der Waals surface area (Å²) >= 11 is 0. The maximum atomic E-state index is 8.86. The molecule has 1 N–H and O–H groups in total. The van der Waals surface area contributed by atoms with Gasteiger partial charge in [0.25, 0.3) is 0 Å². The zero-order valence-electron chi connectivity index (χ0n) is 10.0. The molecule has 0 aliphatic heterocycles. The molecule has 1 aromatic carbocycles. The summed E-state index contributed by atoms with van der Waals surface area (Å²) in [5, 5.41) is 12.5. The molecular formula is C15H18N2. The van der Waals surface area contributed by atoms with E-state index in [0.29, 0.717) is 0 Å². The number of hydrogen-bond acceptors (Lipinski definition) is 2. The second-order valence-corrected chi connectivity index (χ2v) is 5.47. The predicted molar refractivity (Wildman–Crippen MR) is 67.2 cm³/mol. The fraction of sp³-hybridized carbons (Fsp3) is 0.533. The molecule has 2 aliphatic carbocycles. The van der Waals surface area contributed by atoms with Gasteiger partial charge in [-0.2, -0.15) is 5.26 Å². The molecule has 2 aliphatic rings. The van der Waals surface area contributed by atoms with Crippen LogP contribution >= 0.6 is 0 Å². The van der Waals surface area contributed by atoms with E-state index in [1.54, 1.807) is 0 Å². The minimum Gasteiger partial charge on any atom is -0.310 e. The molecule has 2 nitrogen and oxygen atoms in total. The van der Waals surface area contributed by atoms with Crippen LogP contribution in [0.2, 0.25) is 0 Å². The summed E-state index contributed by atoms with van der Waals surface area (Å²) in [7, 11) is 0. The number of fused-ring (bicyclic) bond motifs is 2. The summed E-state index contributed by atoms with van der Waals surface area (Å²) in [6, 6.07) is 10.8. The van der Waals surface area contributed by atoms with Crippen molar-refractivity contribution in [1.29, 1.82) is 5.26 Å². The fourth-order valence-electron chi connectivity index (χ4n) is 3.49. The Morgan fingerprint density at radius 1 is 1.29 bits per heavy atom. The third kappa shape index (κ3) is 2.21. The monoisotopic (exact) mass is 226 g/mol. The minimum atomic E-state index is 0.722. The normalized spacial score (nSPS) is 30.4. The second-order valence-electron chi connectivity index (χ2n) is 5.47. The molecule has 2 saturated carbocycles. The highest BCUT2D eigenvalue weighted by atomic mass is 14.9. The first kappa shape index (κ1) is 10.8. The summed E-state index contributed by atoms with van der Waals surface area (Å²) in [6.45, 7) is 0.906. The number of nitrogens with zero attached hydrogens (tertiary/aromatic N) is 1. The van der Waals surface area contributed by atoms with Crippen LogP contribution in [0.3, 0.4) is 0 Å². The standard InChI is InChI=1S/C15H18N2/c16-9-12-2-1-3-13(6-12)10-17-15-8-11-4-5-14(15)7-11/h1-3,6,11,14-15,17H,4-5,7-8,10H2. The highest BCUT2D eigenvalue weighted by molar-refractivity contribution is 5.32. The van der Waals surface area contributed by atoms with Gasteiger partial charge in [-0.25, -0.2) is 0 Å². The van der Waals surface area contributed by atoms with E-state index < -0.39 is 0 Å². The van der Waals surface area contributed by atoms with Gasteiger partial charge in [0.15, 0.2) is 0 Å². The minimum absolute atomic E-state index is 0.722. The largest absolute Gasteiger partial charge is 0.310 e. The average molecular weight is 226 g/mol. The van der Waals surface area contributed by atoms with E-state index in [4.69, 9.17) is 5.26 Å². The highest BCUT2D eigenvalue weighted by Crippen LogP contribution is 2.44. The molecule has 3 rings (SSSR count). The summed E-state index contributed by atoms with van der Waals surface area (Å²) in [5.41, 5.74) is 1.99. The Morgan fingerprint density at radius 3 is 2.94 bits per heavy atom. The van der Waals surface area contributed by atoms with Crippen molar-refractivity contribution < 1.29 is 0 Å². The van der Waals surface area contributed by atoms with Crippen LogP contribution in [0.1, 0.15) is 36.8 Å². The number of hydrogen-bond donors (Lipinski definition) is 1. The number of rotatable bonds is 3. The highest BCUT2D eigenvalue weighted by Gasteiger charge is 2.38. The van der Waals surface area contributed by atoms with E-state index in [1.165, 1.54) is 31.2 Å². The number of benzene rings is 1. The van der Waals surface area contributed by atoms with Crippen LogP contribution in [0.15, 0.2) is 24.3 Å². The van der Waals surface area contributed by atoms with Crippen LogP contribution in [0.5, 0.6) is 0 Å². The molecule has 0 saturated heterocycles. The van der Waals surface area contributed by atoms with Crippen LogP contribution in [-0.4, -0.2) is 6.04 Å². The molecule has 0 heterocycles. The average Bonchev–Trinajstić information content (AvgIpc) is 2.99. The van der Waals surface area contributed by atoms with Gasteiger partial charge in [-0.15, -0.1) is 0 Å². The van der Waals surface area contributed by atoms with E-state index in [-0.39, 0.29) is 0 Å². The third-order valence-corrected chi connectivity index (χ3v) is 4.36. The van der Waals surface area contributed by atoms with Gasteiger partial charge in [-0.1, -0.05) is 18.6 Å². The van der Waals surface area contributed by atoms with Crippen molar-refractivity contribution in [1.82, 2.24) is 5.32 Å². The summed E-state index contributed by atoms with van der Waals surface area (Å²) < 4.78 is 0. The van der Waals surface area contributed by atoms with Gasteiger partial charge in [-0.3, -0.25) is 0 Å². The Bertz CT molecular complexity index is 446. The smallest absolute Gasteiger partial charge is 0.0991 e. The van der Waals surface area contributed by atoms with Crippen LogP contribution in [-0.2, 0) is 6.54 Å². The number of nitriles is 1. The van der Waals surface area contributed by atoms with Gasteiger partial charge in [0.05, 0.1) is 11.6 Å². The van der Waals surface area contributed by atoms with Gasteiger partial charge in [0, 0.05) is 12.6 Å². The van der Waals surface area contributed by atoms with E-state index in [2.05, 4.69) is 17.5 Å². The van der Waals surface area contributed by atoms with E-state index >= 15 is 0 Å². The summed E-state index contributed by atoms with van der Waals surface area (Å²) in [4.78, 5) is 0. The van der Waals surface area contributed by atoms with Crippen molar-refractivity contribution in [3.8, 4) is 6.07 Å². The van der Waals surface area contributed by atoms with E-state index in [1.807, 2.05) is 18.2 Å². The van der Waals surface area contributed by atoms with Gasteiger partial charge in [-0.05, 0) is 48.8 Å². The summed E-state index contributed by atoms with van der Waals surface area (Å²) in [6.07, 6.45) is 5.67. The zero-order chi connectivity index (χ0) is 11.7. The maximum absolute atomic E-state index is 8.86. The molecule has 1 aromatic rings. The fourth-order valence-corrected chi connectivity index (χ4v) is 3.49. The lowest BCUT2D eigenvalue weighted by molar-refractivity contribution is 0.351. The Morgan fingerprint density at radius 2 is 2.24 bits per heavy atom. The van der Waals surface area contributed by atoms with E-state index in [0.717, 1.165) is 30.0 Å². The first-order valence-corrected chi connectivity index (χ1v) is 6.57. The molecule has 0 amide bonds.